The predicted molar refractivity (Wildman–Crippen MR) is 100 cm³/mol. The van der Waals surface area contributed by atoms with E-state index in [0.29, 0.717) is 11.8 Å². The molecular weight excluding hydrogens is 407 g/mol. The molecule has 0 saturated carbocycles. The zero-order valence-corrected chi connectivity index (χ0v) is 16.1. The number of phenols is 1. The molecule has 1 aliphatic heterocycles. The number of carbonyl (C=O) groups excluding carboxylic acids is 1. The first kappa shape index (κ1) is 20.5. The van der Waals surface area contributed by atoms with Crippen molar-refractivity contribution in [3.8, 4) is 11.8 Å². The highest BCUT2D eigenvalue weighted by Gasteiger charge is 2.59. The first-order valence-corrected chi connectivity index (χ1v) is 9.15. The molecule has 0 aromatic heterocycles. The fraction of sp³-hybridized carbons (Fsp3) is 0.263. The van der Waals surface area contributed by atoms with Crippen LogP contribution in [0, 0.1) is 11.3 Å². The summed E-state index contributed by atoms with van der Waals surface area (Å²) in [6, 6.07) is 10.2. The third-order valence-electron chi connectivity index (χ3n) is 4.71. The van der Waals surface area contributed by atoms with E-state index in [1.54, 1.807) is 13.8 Å². The minimum absolute atomic E-state index is 0.0119. The summed E-state index contributed by atoms with van der Waals surface area (Å²) in [7, 11) is 0. The second-order valence-electron chi connectivity index (χ2n) is 6.88. The Morgan fingerprint density at radius 3 is 2.24 bits per heavy atom. The van der Waals surface area contributed by atoms with Crippen LogP contribution in [-0.2, 0) is 26.8 Å². The number of amides is 1. The van der Waals surface area contributed by atoms with Gasteiger partial charge in [0.25, 0.3) is 5.91 Å². The molecule has 6 nitrogen and oxygen atoms in total. The van der Waals surface area contributed by atoms with Gasteiger partial charge in [0.2, 0.25) is 0 Å². The number of hydrogen-bond donors (Lipinski definition) is 1. The van der Waals surface area contributed by atoms with E-state index < -0.39 is 34.2 Å². The maximum Gasteiger partial charge on any atom is 0.511 e. The quantitative estimate of drug-likeness (QED) is 0.764. The molecule has 10 heteroatoms. The molecule has 1 heterocycles. The summed E-state index contributed by atoms with van der Waals surface area (Å²) in [6.07, 6.45) is -4.80. The molecule has 0 bridgehead atoms. The SMILES string of the molecule is CC1(C)C(=O)N(c2ccc(C#N)c(C(F)(F)F)c2)C([S+]=O)N1c1ccc(O)cc1. The fourth-order valence-electron chi connectivity index (χ4n) is 3.30. The molecule has 1 fully saturated rings. The molecule has 0 spiro atoms. The summed E-state index contributed by atoms with van der Waals surface area (Å²) in [5.41, 5.74) is -3.86. The molecule has 0 radical (unpaired) electrons. The van der Waals surface area contributed by atoms with Crippen molar-refractivity contribution in [2.75, 3.05) is 9.80 Å². The highest BCUT2D eigenvalue weighted by Crippen LogP contribution is 2.41. The number of alkyl halides is 3. The van der Waals surface area contributed by atoms with Gasteiger partial charge in [-0.1, -0.05) is 0 Å². The zero-order valence-electron chi connectivity index (χ0n) is 15.3. The van der Waals surface area contributed by atoms with Gasteiger partial charge in [0.15, 0.2) is 0 Å². The van der Waals surface area contributed by atoms with E-state index in [9.17, 15) is 27.3 Å². The number of rotatable bonds is 3. The van der Waals surface area contributed by atoms with Gasteiger partial charge in [-0.25, -0.2) is 4.90 Å². The number of benzene rings is 2. The number of carbonyl (C=O) groups is 1. The Morgan fingerprint density at radius 2 is 1.72 bits per heavy atom. The van der Waals surface area contributed by atoms with Crippen molar-refractivity contribution in [3.63, 3.8) is 0 Å². The fourth-order valence-corrected chi connectivity index (χ4v) is 4.07. The topological polar surface area (TPSA) is 84.6 Å². The first-order valence-electron chi connectivity index (χ1n) is 8.34. The van der Waals surface area contributed by atoms with Gasteiger partial charge in [-0.2, -0.15) is 18.4 Å². The van der Waals surface area contributed by atoms with Crippen LogP contribution in [0.5, 0.6) is 5.75 Å². The second-order valence-corrected chi connectivity index (χ2v) is 7.50. The van der Waals surface area contributed by atoms with Crippen molar-refractivity contribution in [2.24, 2.45) is 0 Å². The van der Waals surface area contributed by atoms with E-state index in [2.05, 4.69) is 0 Å². The first-order chi connectivity index (χ1) is 13.5. The minimum atomic E-state index is -4.80. The van der Waals surface area contributed by atoms with Crippen LogP contribution in [0.4, 0.5) is 24.5 Å². The Hall–Kier alpha value is -3.19. The van der Waals surface area contributed by atoms with Crippen molar-refractivity contribution in [3.05, 3.63) is 53.6 Å². The van der Waals surface area contributed by atoms with Gasteiger partial charge in [0.05, 0.1) is 22.9 Å². The molecule has 1 atom stereocenters. The summed E-state index contributed by atoms with van der Waals surface area (Å²) in [4.78, 5) is 15.6. The van der Waals surface area contributed by atoms with Gasteiger partial charge in [0.1, 0.15) is 11.3 Å². The standard InChI is InChI=1S/C19H14F3N3O3S/c1-18(2)16(27)24(13-4-3-11(10-23)15(9-13)19(20,21)22)17(29-28)25(18)12-5-7-14(26)8-6-12/h3-9,17H,1-2H3/p+1. The number of hydrogen-bond acceptors (Lipinski definition) is 5. The van der Waals surface area contributed by atoms with Crippen molar-refractivity contribution in [1.82, 2.24) is 0 Å². The third-order valence-corrected chi connectivity index (χ3v) is 5.30. The van der Waals surface area contributed by atoms with Crippen LogP contribution >= 0.6 is 0 Å². The Labute approximate surface area is 168 Å². The van der Waals surface area contributed by atoms with Gasteiger partial charge in [-0.05, 0) is 56.3 Å². The number of aromatic hydroxyl groups is 1. The van der Waals surface area contributed by atoms with Crippen molar-refractivity contribution in [2.45, 2.75) is 31.1 Å². The van der Waals surface area contributed by atoms with E-state index in [0.717, 1.165) is 11.0 Å². The Bertz CT molecular complexity index is 1020. The van der Waals surface area contributed by atoms with Crippen LogP contribution in [0.25, 0.3) is 0 Å². The number of halogens is 3. The number of nitrogens with zero attached hydrogens (tertiary/aromatic N) is 3. The van der Waals surface area contributed by atoms with Crippen LogP contribution in [0.3, 0.4) is 0 Å². The largest absolute Gasteiger partial charge is 0.511 e. The van der Waals surface area contributed by atoms with Crippen LogP contribution < -0.4 is 9.80 Å². The summed E-state index contributed by atoms with van der Waals surface area (Å²) < 4.78 is 52.0. The molecule has 29 heavy (non-hydrogen) atoms. The summed E-state index contributed by atoms with van der Waals surface area (Å²) in [6.45, 7) is 3.11. The smallest absolute Gasteiger partial charge is 0.508 e. The average molecular weight is 422 g/mol. The van der Waals surface area contributed by atoms with Crippen LogP contribution in [0.2, 0.25) is 0 Å². The molecule has 1 amide bonds. The number of anilines is 2. The number of phenolic OH excluding ortho intramolecular Hbond substituents is 1. The van der Waals surface area contributed by atoms with Crippen molar-refractivity contribution in [1.29, 1.82) is 5.26 Å². The normalized spacial score (nSPS) is 18.6. The monoisotopic (exact) mass is 422 g/mol. The van der Waals surface area contributed by atoms with E-state index in [1.165, 1.54) is 41.3 Å². The lowest BCUT2D eigenvalue weighted by Crippen LogP contribution is -2.46. The van der Waals surface area contributed by atoms with Gasteiger partial charge in [0, 0.05) is 9.90 Å². The molecule has 2 aromatic carbocycles. The van der Waals surface area contributed by atoms with Crippen molar-refractivity contribution < 1.29 is 27.3 Å². The zero-order chi connectivity index (χ0) is 21.6. The van der Waals surface area contributed by atoms with Gasteiger partial charge in [-0.15, -0.1) is 0 Å². The van der Waals surface area contributed by atoms with Gasteiger partial charge in [-0.3, -0.25) is 9.69 Å². The molecular formula is C19H15F3N3O3S+. The molecule has 150 valence electrons. The third kappa shape index (κ3) is 3.38. The summed E-state index contributed by atoms with van der Waals surface area (Å²) in [5, 5.41) is 18.5. The molecule has 1 aliphatic rings. The second kappa shape index (κ2) is 7.00. The van der Waals surface area contributed by atoms with Gasteiger partial charge < -0.3 is 5.11 Å². The van der Waals surface area contributed by atoms with Gasteiger partial charge >= 0.3 is 23.3 Å². The summed E-state index contributed by atoms with van der Waals surface area (Å²) >= 11 is 0.0441. The Balaban J connectivity index is 2.15. The molecule has 0 aliphatic carbocycles. The lowest BCUT2D eigenvalue weighted by molar-refractivity contribution is -0.137. The Kier molecular flexibility index (Phi) is 4.96. The lowest BCUT2D eigenvalue weighted by atomic mass is 10.0. The maximum atomic E-state index is 13.4. The van der Waals surface area contributed by atoms with E-state index in [-0.39, 0.29) is 23.1 Å². The lowest BCUT2D eigenvalue weighted by Gasteiger charge is -2.28. The number of nitriles is 1. The van der Waals surface area contributed by atoms with E-state index in [4.69, 9.17) is 5.26 Å². The highest BCUT2D eigenvalue weighted by atomic mass is 32.1. The average Bonchev–Trinajstić information content (AvgIpc) is 2.87. The molecule has 3 rings (SSSR count). The molecule has 2 aromatic rings. The highest BCUT2D eigenvalue weighted by molar-refractivity contribution is 7.66. The van der Waals surface area contributed by atoms with Crippen LogP contribution in [-0.4, -0.2) is 22.1 Å². The van der Waals surface area contributed by atoms with Crippen LogP contribution in [0.1, 0.15) is 25.0 Å². The summed E-state index contributed by atoms with van der Waals surface area (Å²) in [5.74, 6) is -0.584. The van der Waals surface area contributed by atoms with Crippen molar-refractivity contribution >= 4 is 28.9 Å². The predicted octanol–water partition coefficient (Wildman–Crippen LogP) is 3.63. The molecule has 1 saturated heterocycles. The maximum absolute atomic E-state index is 13.4. The van der Waals surface area contributed by atoms with E-state index in [1.807, 2.05) is 0 Å². The van der Waals surface area contributed by atoms with Crippen LogP contribution in [0.15, 0.2) is 42.5 Å². The Morgan fingerprint density at radius 1 is 1.14 bits per heavy atom. The van der Waals surface area contributed by atoms with E-state index >= 15 is 0 Å². The molecule has 1 unspecified atom stereocenters. The minimum Gasteiger partial charge on any atom is -0.508 e. The molecule has 1 N–H and O–H groups in total.